The van der Waals surface area contributed by atoms with Crippen LogP contribution >= 0.6 is 0 Å². The summed E-state index contributed by atoms with van der Waals surface area (Å²) in [5.41, 5.74) is 0. The summed E-state index contributed by atoms with van der Waals surface area (Å²) in [4.78, 5) is 0. The molecule has 0 aromatic rings. The van der Waals surface area contributed by atoms with Crippen molar-refractivity contribution < 1.29 is 4.74 Å². The third-order valence-electron chi connectivity index (χ3n) is 3.45. The molecule has 2 aliphatic rings. The van der Waals surface area contributed by atoms with E-state index >= 15 is 0 Å². The average Bonchev–Trinajstić information content (AvgIpc) is 2.54. The average molecular weight is 211 g/mol. The van der Waals surface area contributed by atoms with Crippen molar-refractivity contribution in [2.75, 3.05) is 13.7 Å². The molecule has 0 N–H and O–H groups in total. The van der Waals surface area contributed by atoms with Crippen molar-refractivity contribution >= 4 is 0 Å². The first-order chi connectivity index (χ1) is 7.33. The Hall–Kier alpha value is -0.640. The molecule has 15 heavy (non-hydrogen) atoms. The highest BCUT2D eigenvalue weighted by molar-refractivity contribution is 4.92. The highest BCUT2D eigenvalue weighted by Crippen LogP contribution is 2.29. The maximum Gasteiger partial charge on any atom is 0.121 e. The van der Waals surface area contributed by atoms with Gasteiger partial charge in [-0.3, -0.25) is 5.01 Å². The van der Waals surface area contributed by atoms with Crippen molar-refractivity contribution in [2.45, 2.75) is 57.2 Å². The van der Waals surface area contributed by atoms with Gasteiger partial charge in [0.1, 0.15) is 6.04 Å². The van der Waals surface area contributed by atoms with E-state index in [1.54, 1.807) is 0 Å². The Balaban J connectivity index is 2.05. The van der Waals surface area contributed by atoms with E-state index in [1.165, 1.54) is 25.7 Å². The molecule has 0 radical (unpaired) electrons. The summed E-state index contributed by atoms with van der Waals surface area (Å²) in [5.74, 6) is 0. The lowest BCUT2D eigenvalue weighted by atomic mass is 9.90. The van der Waals surface area contributed by atoms with Crippen molar-refractivity contribution in [3.63, 3.8) is 0 Å². The highest BCUT2D eigenvalue weighted by Gasteiger charge is 2.37. The quantitative estimate of drug-likeness (QED) is 0.703. The SMILES string of the molecule is CCOC1CCCCCC2C1N=NN2C. The minimum absolute atomic E-state index is 0.273. The van der Waals surface area contributed by atoms with Crippen molar-refractivity contribution in [3.8, 4) is 0 Å². The van der Waals surface area contributed by atoms with Crippen LogP contribution in [-0.2, 0) is 4.74 Å². The fourth-order valence-electron chi connectivity index (χ4n) is 2.63. The van der Waals surface area contributed by atoms with Crippen molar-refractivity contribution in [2.24, 2.45) is 10.3 Å². The molecule has 1 aliphatic carbocycles. The second-order valence-electron chi connectivity index (χ2n) is 4.47. The van der Waals surface area contributed by atoms with Crippen LogP contribution in [0.15, 0.2) is 10.3 Å². The van der Waals surface area contributed by atoms with E-state index < -0.39 is 0 Å². The topological polar surface area (TPSA) is 37.2 Å². The molecule has 3 atom stereocenters. The monoisotopic (exact) mass is 211 g/mol. The minimum atomic E-state index is 0.273. The fraction of sp³-hybridized carbons (Fsp3) is 1.00. The Morgan fingerprint density at radius 1 is 1.27 bits per heavy atom. The van der Waals surface area contributed by atoms with Crippen molar-refractivity contribution in [1.29, 1.82) is 0 Å². The molecule has 1 aliphatic heterocycles. The van der Waals surface area contributed by atoms with Crippen molar-refractivity contribution in [3.05, 3.63) is 0 Å². The molecule has 0 spiro atoms. The maximum atomic E-state index is 5.80. The summed E-state index contributed by atoms with van der Waals surface area (Å²) in [6, 6.07) is 0.747. The van der Waals surface area contributed by atoms with Crippen LogP contribution in [0.5, 0.6) is 0 Å². The highest BCUT2D eigenvalue weighted by atomic mass is 16.5. The van der Waals surface area contributed by atoms with Crippen LogP contribution in [0.4, 0.5) is 0 Å². The summed E-state index contributed by atoms with van der Waals surface area (Å²) in [7, 11) is 2.03. The van der Waals surface area contributed by atoms with Crippen LogP contribution in [0.25, 0.3) is 0 Å². The number of likely N-dealkylation sites (N-methyl/N-ethyl adjacent to an activating group) is 1. The van der Waals surface area contributed by atoms with E-state index in [2.05, 4.69) is 17.3 Å². The second-order valence-corrected chi connectivity index (χ2v) is 4.47. The summed E-state index contributed by atoms with van der Waals surface area (Å²) in [6.07, 6.45) is 6.52. The van der Waals surface area contributed by atoms with Gasteiger partial charge in [0.05, 0.1) is 12.1 Å². The fourth-order valence-corrected chi connectivity index (χ4v) is 2.63. The molecule has 1 heterocycles. The first-order valence-corrected chi connectivity index (χ1v) is 6.08. The number of ether oxygens (including phenoxy) is 1. The Labute approximate surface area is 91.7 Å². The number of rotatable bonds is 2. The first kappa shape index (κ1) is 10.9. The molecule has 0 bridgehead atoms. The number of fused-ring (bicyclic) bond motifs is 1. The summed E-state index contributed by atoms with van der Waals surface area (Å²) in [6.45, 7) is 2.84. The van der Waals surface area contributed by atoms with Gasteiger partial charge in [-0.2, -0.15) is 5.11 Å². The molecule has 4 nitrogen and oxygen atoms in total. The lowest BCUT2D eigenvalue weighted by Gasteiger charge is -2.30. The van der Waals surface area contributed by atoms with Crippen LogP contribution in [0.3, 0.4) is 0 Å². The molecule has 1 fully saturated rings. The zero-order valence-corrected chi connectivity index (χ0v) is 9.72. The minimum Gasteiger partial charge on any atom is -0.376 e. The lowest BCUT2D eigenvalue weighted by Crippen LogP contribution is -2.41. The van der Waals surface area contributed by atoms with E-state index in [0.717, 1.165) is 13.0 Å². The van der Waals surface area contributed by atoms with Crippen LogP contribution in [0, 0.1) is 0 Å². The van der Waals surface area contributed by atoms with E-state index in [-0.39, 0.29) is 12.1 Å². The largest absolute Gasteiger partial charge is 0.376 e. The van der Waals surface area contributed by atoms with E-state index in [1.807, 2.05) is 12.1 Å². The number of hydrogen-bond acceptors (Lipinski definition) is 4. The standard InChI is InChI=1S/C11H21N3O/c1-3-15-10-8-6-4-5-7-9-11(10)12-13-14(9)2/h9-11H,3-8H2,1-2H3. The number of nitrogens with zero attached hydrogens (tertiary/aromatic N) is 3. The summed E-state index contributed by atoms with van der Waals surface area (Å²) in [5, 5.41) is 10.6. The molecule has 0 aromatic heterocycles. The Morgan fingerprint density at radius 3 is 2.87 bits per heavy atom. The van der Waals surface area contributed by atoms with Gasteiger partial charge in [-0.15, -0.1) is 0 Å². The molecule has 0 saturated heterocycles. The molecular formula is C11H21N3O. The third kappa shape index (κ3) is 2.30. The molecule has 4 heteroatoms. The summed E-state index contributed by atoms with van der Waals surface area (Å²) < 4.78 is 5.80. The normalized spacial score (nSPS) is 36.1. The molecule has 0 aromatic carbocycles. The van der Waals surface area contributed by atoms with Gasteiger partial charge in [-0.05, 0) is 19.8 Å². The van der Waals surface area contributed by atoms with E-state index in [4.69, 9.17) is 4.74 Å². The predicted octanol–water partition coefficient (Wildman–Crippen LogP) is 2.41. The Morgan fingerprint density at radius 2 is 2.07 bits per heavy atom. The van der Waals surface area contributed by atoms with Crippen LogP contribution in [-0.4, -0.2) is 36.9 Å². The van der Waals surface area contributed by atoms with Gasteiger partial charge >= 0.3 is 0 Å². The lowest BCUT2D eigenvalue weighted by molar-refractivity contribution is 0.0194. The molecule has 1 saturated carbocycles. The van der Waals surface area contributed by atoms with Gasteiger partial charge in [0.15, 0.2) is 0 Å². The van der Waals surface area contributed by atoms with Crippen LogP contribution < -0.4 is 0 Å². The van der Waals surface area contributed by atoms with Gasteiger partial charge in [0.25, 0.3) is 0 Å². The predicted molar refractivity (Wildman–Crippen MR) is 58.7 cm³/mol. The van der Waals surface area contributed by atoms with Gasteiger partial charge in [-0.25, -0.2) is 0 Å². The molecule has 86 valence electrons. The van der Waals surface area contributed by atoms with Gasteiger partial charge in [0, 0.05) is 13.7 Å². The van der Waals surface area contributed by atoms with Gasteiger partial charge in [0.2, 0.25) is 0 Å². The Bertz CT molecular complexity index is 232. The van der Waals surface area contributed by atoms with Crippen LogP contribution in [0.2, 0.25) is 0 Å². The molecule has 3 unspecified atom stereocenters. The van der Waals surface area contributed by atoms with E-state index in [0.29, 0.717) is 6.04 Å². The zero-order chi connectivity index (χ0) is 10.7. The van der Waals surface area contributed by atoms with E-state index in [9.17, 15) is 0 Å². The van der Waals surface area contributed by atoms with Crippen molar-refractivity contribution in [1.82, 2.24) is 5.01 Å². The molecular weight excluding hydrogens is 190 g/mol. The maximum absolute atomic E-state index is 5.80. The molecule has 2 rings (SSSR count). The summed E-state index contributed by atoms with van der Waals surface area (Å²) >= 11 is 0. The first-order valence-electron chi connectivity index (χ1n) is 6.08. The van der Waals surface area contributed by atoms with Crippen LogP contribution in [0.1, 0.15) is 39.0 Å². The second kappa shape index (κ2) is 4.92. The third-order valence-corrected chi connectivity index (χ3v) is 3.45. The smallest absolute Gasteiger partial charge is 0.121 e. The van der Waals surface area contributed by atoms with Gasteiger partial charge < -0.3 is 4.74 Å². The molecule has 0 amide bonds. The van der Waals surface area contributed by atoms with Gasteiger partial charge in [-0.1, -0.05) is 24.5 Å². The Kier molecular flexibility index (Phi) is 3.57. The zero-order valence-electron chi connectivity index (χ0n) is 9.72. The number of hydrogen-bond donors (Lipinski definition) is 0.